The highest BCUT2D eigenvalue weighted by molar-refractivity contribution is 5.80. The van der Waals surface area contributed by atoms with Crippen molar-refractivity contribution in [1.29, 1.82) is 0 Å². The van der Waals surface area contributed by atoms with Gasteiger partial charge in [0, 0.05) is 39.8 Å². The van der Waals surface area contributed by atoms with Crippen LogP contribution in [0, 0.1) is 11.8 Å². The third-order valence-corrected chi connectivity index (χ3v) is 5.25. The van der Waals surface area contributed by atoms with Crippen LogP contribution in [0.25, 0.3) is 0 Å². The molecule has 1 aliphatic heterocycles. The number of nitrogens with one attached hydrogen (secondary N) is 1. The highest BCUT2D eigenvalue weighted by atomic mass is 19.4. The molecular formula is C17H31F3N4. The van der Waals surface area contributed by atoms with Crippen molar-refractivity contribution < 1.29 is 13.2 Å². The first kappa shape index (κ1) is 19.3. The molecule has 7 heteroatoms. The van der Waals surface area contributed by atoms with Gasteiger partial charge in [0.15, 0.2) is 5.96 Å². The fourth-order valence-electron chi connectivity index (χ4n) is 3.86. The van der Waals surface area contributed by atoms with E-state index in [1.54, 1.807) is 7.05 Å². The predicted octanol–water partition coefficient (Wildman–Crippen LogP) is 2.96. The molecule has 0 radical (unpaired) electrons. The van der Waals surface area contributed by atoms with Crippen molar-refractivity contribution in [2.24, 2.45) is 16.8 Å². The van der Waals surface area contributed by atoms with E-state index in [4.69, 9.17) is 0 Å². The summed E-state index contributed by atoms with van der Waals surface area (Å²) in [6, 6.07) is 0.0416. The summed E-state index contributed by atoms with van der Waals surface area (Å²) < 4.78 is 37.5. The van der Waals surface area contributed by atoms with Gasteiger partial charge in [-0.15, -0.1) is 0 Å². The van der Waals surface area contributed by atoms with Gasteiger partial charge >= 0.3 is 6.18 Å². The number of hydrogen-bond acceptors (Lipinski definition) is 2. The molecule has 1 heterocycles. The Balaban J connectivity index is 1.77. The molecule has 1 N–H and O–H groups in total. The van der Waals surface area contributed by atoms with Crippen LogP contribution in [0.15, 0.2) is 4.99 Å². The first-order chi connectivity index (χ1) is 11.3. The number of rotatable bonds is 4. The third kappa shape index (κ3) is 6.15. The summed E-state index contributed by atoms with van der Waals surface area (Å²) in [6.45, 7) is 3.37. The van der Waals surface area contributed by atoms with Gasteiger partial charge in [-0.05, 0) is 31.1 Å². The van der Waals surface area contributed by atoms with Gasteiger partial charge in [-0.2, -0.15) is 13.2 Å². The number of aliphatic imine (C=N–C) groups is 1. The SMILES string of the molecule is CN=C(NC1CCN(CC(F)(F)F)C1)N(C)CC1CCC(C)CC1. The largest absolute Gasteiger partial charge is 0.401 e. The third-order valence-electron chi connectivity index (χ3n) is 5.25. The monoisotopic (exact) mass is 348 g/mol. The van der Waals surface area contributed by atoms with Crippen molar-refractivity contribution >= 4 is 5.96 Å². The second-order valence-electron chi connectivity index (χ2n) is 7.53. The van der Waals surface area contributed by atoms with E-state index in [0.717, 1.165) is 24.8 Å². The van der Waals surface area contributed by atoms with E-state index in [-0.39, 0.29) is 6.04 Å². The Labute approximate surface area is 143 Å². The molecule has 0 amide bonds. The Morgan fingerprint density at radius 1 is 1.21 bits per heavy atom. The molecule has 1 unspecified atom stereocenters. The molecule has 2 rings (SSSR count). The standard InChI is InChI=1S/C17H31F3N4/c1-13-4-6-14(7-5-13)10-23(3)16(21-2)22-15-8-9-24(11-15)12-17(18,19)20/h13-15H,4-12H2,1-3H3,(H,21,22). The summed E-state index contributed by atoms with van der Waals surface area (Å²) in [5.74, 6) is 2.32. The molecule has 0 aromatic rings. The number of alkyl halides is 3. The summed E-state index contributed by atoms with van der Waals surface area (Å²) >= 11 is 0. The fourth-order valence-corrected chi connectivity index (χ4v) is 3.86. The Morgan fingerprint density at radius 3 is 2.46 bits per heavy atom. The van der Waals surface area contributed by atoms with Gasteiger partial charge in [0.05, 0.1) is 6.54 Å². The van der Waals surface area contributed by atoms with Crippen LogP contribution >= 0.6 is 0 Å². The van der Waals surface area contributed by atoms with E-state index in [1.165, 1.54) is 30.6 Å². The van der Waals surface area contributed by atoms with Crippen LogP contribution < -0.4 is 5.32 Å². The zero-order chi connectivity index (χ0) is 17.7. The molecule has 4 nitrogen and oxygen atoms in total. The van der Waals surface area contributed by atoms with Crippen LogP contribution in [0.3, 0.4) is 0 Å². The topological polar surface area (TPSA) is 30.9 Å². The predicted molar refractivity (Wildman–Crippen MR) is 91.1 cm³/mol. The number of likely N-dealkylation sites (tertiary alicyclic amines) is 1. The van der Waals surface area contributed by atoms with Crippen molar-refractivity contribution in [2.45, 2.75) is 51.2 Å². The normalized spacial score (nSPS) is 29.8. The van der Waals surface area contributed by atoms with Gasteiger partial charge in [0.1, 0.15) is 0 Å². The minimum Gasteiger partial charge on any atom is -0.352 e. The van der Waals surface area contributed by atoms with Gasteiger partial charge < -0.3 is 10.2 Å². The molecule has 1 saturated carbocycles. The molecule has 1 saturated heterocycles. The summed E-state index contributed by atoms with van der Waals surface area (Å²) in [5.41, 5.74) is 0. The molecule has 0 aromatic carbocycles. The lowest BCUT2D eigenvalue weighted by Crippen LogP contribution is -2.47. The number of halogens is 3. The van der Waals surface area contributed by atoms with E-state index in [2.05, 4.69) is 22.1 Å². The molecular weight excluding hydrogens is 317 g/mol. The molecule has 2 fully saturated rings. The van der Waals surface area contributed by atoms with Gasteiger partial charge in [-0.25, -0.2) is 0 Å². The molecule has 2 aliphatic rings. The zero-order valence-electron chi connectivity index (χ0n) is 15.1. The zero-order valence-corrected chi connectivity index (χ0v) is 15.1. The van der Waals surface area contributed by atoms with Crippen LogP contribution in [0.5, 0.6) is 0 Å². The lowest BCUT2D eigenvalue weighted by Gasteiger charge is -2.32. The Kier molecular flexibility index (Phi) is 6.78. The maximum absolute atomic E-state index is 12.5. The molecule has 140 valence electrons. The number of hydrogen-bond donors (Lipinski definition) is 1. The van der Waals surface area contributed by atoms with E-state index >= 15 is 0 Å². The lowest BCUT2D eigenvalue weighted by atomic mass is 9.83. The van der Waals surface area contributed by atoms with Crippen LogP contribution in [-0.2, 0) is 0 Å². The minimum absolute atomic E-state index is 0.0416. The summed E-state index contributed by atoms with van der Waals surface area (Å²) in [6.07, 6.45) is 1.70. The van der Waals surface area contributed by atoms with E-state index in [9.17, 15) is 13.2 Å². The van der Waals surface area contributed by atoms with Crippen LogP contribution in [0.4, 0.5) is 13.2 Å². The Bertz CT molecular complexity index is 417. The highest BCUT2D eigenvalue weighted by Gasteiger charge is 2.34. The van der Waals surface area contributed by atoms with Gasteiger partial charge in [0.2, 0.25) is 0 Å². The summed E-state index contributed by atoms with van der Waals surface area (Å²) in [4.78, 5) is 7.92. The molecule has 1 atom stereocenters. The second kappa shape index (κ2) is 8.41. The average molecular weight is 348 g/mol. The fraction of sp³-hybridized carbons (Fsp3) is 0.941. The first-order valence-corrected chi connectivity index (χ1v) is 9.00. The number of guanidine groups is 1. The van der Waals surface area contributed by atoms with Crippen molar-refractivity contribution in [3.63, 3.8) is 0 Å². The summed E-state index contributed by atoms with van der Waals surface area (Å²) in [7, 11) is 3.76. The Hall–Kier alpha value is -0.980. The van der Waals surface area contributed by atoms with Crippen LogP contribution in [0.2, 0.25) is 0 Å². The minimum atomic E-state index is -4.12. The lowest BCUT2D eigenvalue weighted by molar-refractivity contribution is -0.143. The molecule has 24 heavy (non-hydrogen) atoms. The quantitative estimate of drug-likeness (QED) is 0.626. The van der Waals surface area contributed by atoms with Crippen molar-refractivity contribution in [3.05, 3.63) is 0 Å². The van der Waals surface area contributed by atoms with Gasteiger partial charge in [-0.3, -0.25) is 9.89 Å². The van der Waals surface area contributed by atoms with Gasteiger partial charge in [-0.1, -0.05) is 19.8 Å². The van der Waals surface area contributed by atoms with Crippen molar-refractivity contribution in [3.8, 4) is 0 Å². The van der Waals surface area contributed by atoms with Crippen LogP contribution in [0.1, 0.15) is 39.0 Å². The van der Waals surface area contributed by atoms with E-state index in [1.807, 2.05) is 7.05 Å². The van der Waals surface area contributed by atoms with Crippen molar-refractivity contribution in [2.75, 3.05) is 40.3 Å². The van der Waals surface area contributed by atoms with E-state index < -0.39 is 12.7 Å². The molecule has 0 aromatic heterocycles. The molecule has 0 bridgehead atoms. The number of nitrogens with zero attached hydrogens (tertiary/aromatic N) is 3. The second-order valence-corrected chi connectivity index (χ2v) is 7.53. The van der Waals surface area contributed by atoms with Crippen LogP contribution in [-0.4, -0.2) is 68.3 Å². The highest BCUT2D eigenvalue weighted by Crippen LogP contribution is 2.28. The van der Waals surface area contributed by atoms with E-state index in [0.29, 0.717) is 19.0 Å². The first-order valence-electron chi connectivity index (χ1n) is 9.00. The van der Waals surface area contributed by atoms with Gasteiger partial charge in [0.25, 0.3) is 0 Å². The molecule has 0 spiro atoms. The smallest absolute Gasteiger partial charge is 0.352 e. The van der Waals surface area contributed by atoms with Crippen molar-refractivity contribution in [1.82, 2.24) is 15.1 Å². The maximum atomic E-state index is 12.5. The molecule has 1 aliphatic carbocycles. The Morgan fingerprint density at radius 2 is 1.88 bits per heavy atom. The maximum Gasteiger partial charge on any atom is 0.401 e. The summed E-state index contributed by atoms with van der Waals surface area (Å²) in [5, 5.41) is 3.35. The average Bonchev–Trinajstić information content (AvgIpc) is 2.92.